The van der Waals surface area contributed by atoms with E-state index < -0.39 is 22.0 Å². The molecule has 1 fully saturated rings. The van der Waals surface area contributed by atoms with Gasteiger partial charge in [-0.1, -0.05) is 15.9 Å². The van der Waals surface area contributed by atoms with E-state index in [-0.39, 0.29) is 19.6 Å². The largest absolute Gasteiger partial charge is 0.370 e. The zero-order valence-electron chi connectivity index (χ0n) is 11.6. The summed E-state index contributed by atoms with van der Waals surface area (Å²) in [6.07, 6.45) is -0.287. The Morgan fingerprint density at radius 3 is 2.57 bits per heavy atom. The van der Waals surface area contributed by atoms with Crippen LogP contribution in [0.5, 0.6) is 0 Å². The average molecular weight is 384 g/mol. The molecule has 1 saturated carbocycles. The fourth-order valence-corrected chi connectivity index (χ4v) is 3.07. The van der Waals surface area contributed by atoms with Crippen LogP contribution in [0.3, 0.4) is 0 Å². The Kier molecular flexibility index (Phi) is 4.60. The van der Waals surface area contributed by atoms with Crippen LogP contribution in [0.25, 0.3) is 0 Å². The number of benzene rings is 1. The van der Waals surface area contributed by atoms with Gasteiger partial charge in [0.2, 0.25) is 10.0 Å². The molecule has 0 spiro atoms. The predicted molar refractivity (Wildman–Crippen MR) is 80.4 cm³/mol. The molecule has 4 nitrogen and oxygen atoms in total. The molecule has 0 aromatic heterocycles. The van der Waals surface area contributed by atoms with Crippen molar-refractivity contribution < 1.29 is 21.9 Å². The SMILES string of the molecule is Cc1cc(N(CCOC2CC2(F)F)S(C)(=O)=O)ccc1Br. The summed E-state index contributed by atoms with van der Waals surface area (Å²) in [5.41, 5.74) is 1.38. The summed E-state index contributed by atoms with van der Waals surface area (Å²) in [5, 5.41) is 0. The molecule has 1 aliphatic carbocycles. The van der Waals surface area contributed by atoms with E-state index in [0.717, 1.165) is 20.6 Å². The molecule has 1 unspecified atom stereocenters. The van der Waals surface area contributed by atoms with E-state index in [1.165, 1.54) is 0 Å². The number of halogens is 3. The first-order chi connectivity index (χ1) is 9.61. The van der Waals surface area contributed by atoms with Gasteiger partial charge in [0.15, 0.2) is 0 Å². The van der Waals surface area contributed by atoms with E-state index in [9.17, 15) is 17.2 Å². The van der Waals surface area contributed by atoms with E-state index in [1.54, 1.807) is 18.2 Å². The Balaban J connectivity index is 2.06. The van der Waals surface area contributed by atoms with Crippen LogP contribution in [0.1, 0.15) is 12.0 Å². The van der Waals surface area contributed by atoms with Gasteiger partial charge in [0, 0.05) is 10.9 Å². The van der Waals surface area contributed by atoms with Gasteiger partial charge in [-0.2, -0.15) is 0 Å². The standard InChI is InChI=1S/C13H16BrF2NO3S/c1-9-7-10(3-4-11(9)14)17(21(2,18)19)5-6-20-12-8-13(12,15)16/h3-4,7,12H,5-6,8H2,1-2H3. The number of ether oxygens (including phenoxy) is 1. The lowest BCUT2D eigenvalue weighted by atomic mass is 10.2. The Labute approximate surface area is 131 Å². The Morgan fingerprint density at radius 2 is 2.10 bits per heavy atom. The maximum Gasteiger partial charge on any atom is 0.276 e. The smallest absolute Gasteiger partial charge is 0.276 e. The summed E-state index contributed by atoms with van der Waals surface area (Å²) >= 11 is 3.35. The highest BCUT2D eigenvalue weighted by Gasteiger charge is 2.58. The third-order valence-electron chi connectivity index (χ3n) is 3.21. The highest BCUT2D eigenvalue weighted by atomic mass is 79.9. The van der Waals surface area contributed by atoms with E-state index in [1.807, 2.05) is 6.92 Å². The number of hydrogen-bond donors (Lipinski definition) is 0. The van der Waals surface area contributed by atoms with Gasteiger partial charge in [0.05, 0.1) is 25.1 Å². The number of anilines is 1. The van der Waals surface area contributed by atoms with Gasteiger partial charge in [-0.05, 0) is 30.7 Å². The van der Waals surface area contributed by atoms with Gasteiger partial charge in [0.1, 0.15) is 6.10 Å². The van der Waals surface area contributed by atoms with Crippen LogP contribution in [0.15, 0.2) is 22.7 Å². The average Bonchev–Trinajstić information content (AvgIpc) is 2.95. The van der Waals surface area contributed by atoms with Gasteiger partial charge in [0.25, 0.3) is 5.92 Å². The normalized spacial score (nSPS) is 20.3. The summed E-state index contributed by atoms with van der Waals surface area (Å²) < 4.78 is 56.2. The Hall–Kier alpha value is -0.730. The van der Waals surface area contributed by atoms with Crippen LogP contribution in [-0.4, -0.2) is 39.9 Å². The molecule has 0 saturated heterocycles. The van der Waals surface area contributed by atoms with Gasteiger partial charge >= 0.3 is 0 Å². The molecule has 0 aliphatic heterocycles. The number of rotatable bonds is 6. The van der Waals surface area contributed by atoms with Crippen LogP contribution in [0, 0.1) is 6.92 Å². The molecule has 21 heavy (non-hydrogen) atoms. The van der Waals surface area contributed by atoms with Crippen molar-refractivity contribution in [3.05, 3.63) is 28.2 Å². The Morgan fingerprint density at radius 1 is 1.48 bits per heavy atom. The molecule has 1 aliphatic rings. The fourth-order valence-electron chi connectivity index (χ4n) is 1.92. The van der Waals surface area contributed by atoms with Crippen LogP contribution in [0.4, 0.5) is 14.5 Å². The maximum absolute atomic E-state index is 12.7. The van der Waals surface area contributed by atoms with Crippen molar-refractivity contribution in [2.75, 3.05) is 23.7 Å². The molecular weight excluding hydrogens is 368 g/mol. The van der Waals surface area contributed by atoms with E-state index >= 15 is 0 Å². The summed E-state index contributed by atoms with van der Waals surface area (Å²) in [6.45, 7) is 1.78. The van der Waals surface area contributed by atoms with Crippen molar-refractivity contribution in [1.82, 2.24) is 0 Å². The van der Waals surface area contributed by atoms with Crippen LogP contribution in [-0.2, 0) is 14.8 Å². The molecule has 1 aromatic rings. The number of sulfonamides is 1. The lowest BCUT2D eigenvalue weighted by Gasteiger charge is -2.23. The van der Waals surface area contributed by atoms with Crippen molar-refractivity contribution in [1.29, 1.82) is 0 Å². The first-order valence-electron chi connectivity index (χ1n) is 6.34. The molecule has 0 radical (unpaired) electrons. The van der Waals surface area contributed by atoms with E-state index in [4.69, 9.17) is 4.74 Å². The van der Waals surface area contributed by atoms with Crippen molar-refractivity contribution in [3.8, 4) is 0 Å². The van der Waals surface area contributed by atoms with Crippen LogP contribution in [0.2, 0.25) is 0 Å². The first kappa shape index (κ1) is 16.6. The summed E-state index contributed by atoms with van der Waals surface area (Å²) in [7, 11) is -3.50. The monoisotopic (exact) mass is 383 g/mol. The molecule has 0 heterocycles. The maximum atomic E-state index is 12.7. The molecule has 0 amide bonds. The fraction of sp³-hybridized carbons (Fsp3) is 0.538. The highest BCUT2D eigenvalue weighted by Crippen LogP contribution is 2.44. The second-order valence-corrected chi connectivity index (χ2v) is 7.85. The number of aryl methyl sites for hydroxylation is 1. The molecule has 0 N–H and O–H groups in total. The number of hydrogen-bond acceptors (Lipinski definition) is 3. The van der Waals surface area contributed by atoms with Crippen LogP contribution < -0.4 is 4.31 Å². The minimum absolute atomic E-state index is 0.00643. The zero-order valence-corrected chi connectivity index (χ0v) is 14.0. The second-order valence-electron chi connectivity index (χ2n) is 5.09. The van der Waals surface area contributed by atoms with Crippen molar-refractivity contribution in [2.45, 2.75) is 25.4 Å². The van der Waals surface area contributed by atoms with Gasteiger partial charge in [-0.15, -0.1) is 0 Å². The van der Waals surface area contributed by atoms with Crippen molar-refractivity contribution >= 4 is 31.6 Å². The molecule has 118 valence electrons. The van der Waals surface area contributed by atoms with E-state index in [0.29, 0.717) is 5.69 Å². The lowest BCUT2D eigenvalue weighted by Crippen LogP contribution is -2.33. The molecular formula is C13H16BrF2NO3S. The zero-order chi connectivity index (χ0) is 15.8. The minimum Gasteiger partial charge on any atom is -0.370 e. The molecule has 0 bridgehead atoms. The third-order valence-corrected chi connectivity index (χ3v) is 5.30. The van der Waals surface area contributed by atoms with Gasteiger partial charge in [-0.25, -0.2) is 17.2 Å². The predicted octanol–water partition coefficient (Wildman–Crippen LogP) is 2.95. The number of alkyl halides is 2. The molecule has 1 atom stereocenters. The van der Waals surface area contributed by atoms with Gasteiger partial charge < -0.3 is 4.74 Å². The van der Waals surface area contributed by atoms with Gasteiger partial charge in [-0.3, -0.25) is 4.31 Å². The van der Waals surface area contributed by atoms with Crippen molar-refractivity contribution in [2.24, 2.45) is 0 Å². The Bertz CT molecular complexity index is 636. The minimum atomic E-state index is -3.50. The summed E-state index contributed by atoms with van der Waals surface area (Å²) in [4.78, 5) is 0. The number of nitrogens with zero attached hydrogens (tertiary/aromatic N) is 1. The first-order valence-corrected chi connectivity index (χ1v) is 8.99. The lowest BCUT2D eigenvalue weighted by molar-refractivity contribution is 0.0163. The quantitative estimate of drug-likeness (QED) is 0.758. The van der Waals surface area contributed by atoms with E-state index in [2.05, 4.69) is 15.9 Å². The van der Waals surface area contributed by atoms with Crippen LogP contribution >= 0.6 is 15.9 Å². The summed E-state index contributed by atoms with van der Waals surface area (Å²) in [6, 6.07) is 5.12. The molecule has 2 rings (SSSR count). The topological polar surface area (TPSA) is 46.6 Å². The molecule has 8 heteroatoms. The summed E-state index contributed by atoms with van der Waals surface area (Å²) in [5.74, 6) is -2.76. The highest BCUT2D eigenvalue weighted by molar-refractivity contribution is 9.10. The van der Waals surface area contributed by atoms with Crippen molar-refractivity contribution in [3.63, 3.8) is 0 Å². The molecule has 1 aromatic carbocycles. The third kappa shape index (κ3) is 4.14. The second kappa shape index (κ2) is 5.81.